The van der Waals surface area contributed by atoms with Crippen LogP contribution in [0.25, 0.3) is 0 Å². The number of hydrogen-bond donors (Lipinski definition) is 1. The Morgan fingerprint density at radius 1 is 1.20 bits per heavy atom. The first-order valence-corrected chi connectivity index (χ1v) is 7.76. The molecule has 0 radical (unpaired) electrons. The van der Waals surface area contributed by atoms with Crippen molar-refractivity contribution < 1.29 is 0 Å². The molecule has 2 N–H and O–H groups in total. The molecule has 2 aliphatic rings. The predicted octanol–water partition coefficient (Wildman–Crippen LogP) is 2.78. The quantitative estimate of drug-likeness (QED) is 0.842. The second-order valence-electron chi connectivity index (χ2n) is 6.00. The summed E-state index contributed by atoms with van der Waals surface area (Å²) in [5.41, 5.74) is 8.76. The summed E-state index contributed by atoms with van der Waals surface area (Å²) in [5, 5.41) is 0. The monoisotopic (exact) mass is 272 g/mol. The van der Waals surface area contributed by atoms with E-state index in [1.807, 2.05) is 12.4 Å². The van der Waals surface area contributed by atoms with Gasteiger partial charge in [0.1, 0.15) is 0 Å². The molecule has 4 nitrogen and oxygen atoms in total. The molecule has 1 fully saturated rings. The van der Waals surface area contributed by atoms with Gasteiger partial charge in [-0.25, -0.2) is 0 Å². The van der Waals surface area contributed by atoms with E-state index in [0.29, 0.717) is 6.04 Å². The molecule has 3 rings (SSSR count). The minimum Gasteiger partial charge on any atom is -0.370 e. The Hall–Kier alpha value is -1.58. The van der Waals surface area contributed by atoms with Crippen LogP contribution in [-0.4, -0.2) is 28.4 Å². The molecule has 1 aromatic heterocycles. The number of pyridine rings is 1. The van der Waals surface area contributed by atoms with Crippen molar-refractivity contribution >= 4 is 5.96 Å². The van der Waals surface area contributed by atoms with Crippen molar-refractivity contribution in [3.63, 3.8) is 0 Å². The van der Waals surface area contributed by atoms with Crippen molar-refractivity contribution in [2.75, 3.05) is 6.54 Å². The number of guanidine groups is 1. The molecule has 0 saturated heterocycles. The first kappa shape index (κ1) is 13.4. The van der Waals surface area contributed by atoms with Crippen molar-refractivity contribution in [1.29, 1.82) is 0 Å². The van der Waals surface area contributed by atoms with Crippen LogP contribution in [0.4, 0.5) is 0 Å². The lowest BCUT2D eigenvalue weighted by Gasteiger charge is -2.34. The minimum absolute atomic E-state index is 0.284. The Morgan fingerprint density at radius 2 is 1.95 bits per heavy atom. The maximum atomic E-state index is 6.19. The summed E-state index contributed by atoms with van der Waals surface area (Å²) >= 11 is 0. The van der Waals surface area contributed by atoms with Crippen LogP contribution < -0.4 is 5.73 Å². The highest BCUT2D eigenvalue weighted by Crippen LogP contribution is 2.33. The van der Waals surface area contributed by atoms with Gasteiger partial charge in [-0.1, -0.05) is 25.7 Å². The van der Waals surface area contributed by atoms with E-state index in [4.69, 9.17) is 5.73 Å². The van der Waals surface area contributed by atoms with Crippen LogP contribution >= 0.6 is 0 Å². The van der Waals surface area contributed by atoms with Crippen molar-refractivity contribution in [2.24, 2.45) is 10.7 Å². The lowest BCUT2D eigenvalue weighted by molar-refractivity contribution is 0.236. The molecule has 1 unspecified atom stereocenters. The molecule has 1 aliphatic heterocycles. The van der Waals surface area contributed by atoms with Gasteiger partial charge in [-0.2, -0.15) is 0 Å². The summed E-state index contributed by atoms with van der Waals surface area (Å²) in [6, 6.07) is 2.91. The topological polar surface area (TPSA) is 54.5 Å². The summed E-state index contributed by atoms with van der Waals surface area (Å²) in [5.74, 6) is 0.727. The first-order chi connectivity index (χ1) is 9.77. The van der Waals surface area contributed by atoms with Crippen molar-refractivity contribution in [3.8, 4) is 0 Å². The molecule has 0 spiro atoms. The number of nitrogens with two attached hydrogens (primary N) is 1. The van der Waals surface area contributed by atoms with E-state index in [0.717, 1.165) is 12.5 Å². The average Bonchev–Trinajstić information content (AvgIpc) is 2.66. The predicted molar refractivity (Wildman–Crippen MR) is 81.5 cm³/mol. The van der Waals surface area contributed by atoms with Crippen LogP contribution in [0.1, 0.15) is 55.7 Å². The zero-order valence-electron chi connectivity index (χ0n) is 12.3. The van der Waals surface area contributed by atoms with Gasteiger partial charge in [0, 0.05) is 18.4 Å². The molecular formula is C16H24N4. The van der Waals surface area contributed by atoms with Crippen molar-refractivity contribution in [1.82, 2.24) is 9.88 Å². The summed E-state index contributed by atoms with van der Waals surface area (Å²) in [6.07, 6.45) is 11.7. The van der Waals surface area contributed by atoms with Crippen molar-refractivity contribution in [3.05, 3.63) is 29.6 Å². The third kappa shape index (κ3) is 2.51. The van der Waals surface area contributed by atoms with Crippen LogP contribution in [0.5, 0.6) is 0 Å². The Bertz CT molecular complexity index is 489. The molecule has 0 amide bonds. The highest BCUT2D eigenvalue weighted by atomic mass is 15.3. The molecular weight excluding hydrogens is 248 g/mol. The van der Waals surface area contributed by atoms with E-state index in [1.165, 1.54) is 49.7 Å². The van der Waals surface area contributed by atoms with Gasteiger partial charge < -0.3 is 10.6 Å². The third-order valence-corrected chi connectivity index (χ3v) is 4.68. The van der Waals surface area contributed by atoms with Gasteiger partial charge in [-0.3, -0.25) is 9.98 Å². The van der Waals surface area contributed by atoms with Crippen molar-refractivity contribution in [2.45, 2.75) is 57.5 Å². The Labute approximate surface area is 121 Å². The van der Waals surface area contributed by atoms with Gasteiger partial charge in [0.05, 0.1) is 12.6 Å². The standard InChI is InChI=1S/C16H24N4/c1-12-8-9-18-10-14(12)15-11-19-16(17)20(15)13-6-4-2-3-5-7-13/h8-10,13,15H,2-7,11H2,1H3,(H2,17,19). The fourth-order valence-electron chi connectivity index (χ4n) is 3.56. The lowest BCUT2D eigenvalue weighted by Crippen LogP contribution is -2.43. The second-order valence-corrected chi connectivity index (χ2v) is 6.00. The van der Waals surface area contributed by atoms with E-state index >= 15 is 0 Å². The van der Waals surface area contributed by atoms with E-state index in [1.54, 1.807) is 0 Å². The normalized spacial score (nSPS) is 24.6. The van der Waals surface area contributed by atoms with Crippen LogP contribution in [0.3, 0.4) is 0 Å². The van der Waals surface area contributed by atoms with Crippen LogP contribution in [0.2, 0.25) is 0 Å². The minimum atomic E-state index is 0.284. The number of hydrogen-bond acceptors (Lipinski definition) is 4. The maximum Gasteiger partial charge on any atom is 0.192 e. The fraction of sp³-hybridized carbons (Fsp3) is 0.625. The first-order valence-electron chi connectivity index (χ1n) is 7.76. The molecule has 1 saturated carbocycles. The number of aliphatic imine (C=N–C) groups is 1. The van der Waals surface area contributed by atoms with E-state index < -0.39 is 0 Å². The van der Waals surface area contributed by atoms with Gasteiger partial charge in [-0.05, 0) is 37.0 Å². The molecule has 0 aromatic carbocycles. The summed E-state index contributed by atoms with van der Waals surface area (Å²) < 4.78 is 0. The van der Waals surface area contributed by atoms with E-state index in [9.17, 15) is 0 Å². The van der Waals surface area contributed by atoms with Gasteiger partial charge >= 0.3 is 0 Å². The number of aryl methyl sites for hydroxylation is 1. The lowest BCUT2D eigenvalue weighted by atomic mass is 9.99. The summed E-state index contributed by atoms with van der Waals surface area (Å²) in [7, 11) is 0. The molecule has 0 bridgehead atoms. The Kier molecular flexibility index (Phi) is 3.90. The smallest absolute Gasteiger partial charge is 0.192 e. The molecule has 20 heavy (non-hydrogen) atoms. The SMILES string of the molecule is Cc1ccncc1C1CN=C(N)N1C1CCCCCC1. The Morgan fingerprint density at radius 3 is 2.65 bits per heavy atom. The summed E-state index contributed by atoms with van der Waals surface area (Å²) in [6.45, 7) is 2.92. The molecule has 1 aliphatic carbocycles. The zero-order chi connectivity index (χ0) is 13.9. The number of aromatic nitrogens is 1. The maximum absolute atomic E-state index is 6.19. The molecule has 1 aromatic rings. The number of nitrogens with zero attached hydrogens (tertiary/aromatic N) is 3. The van der Waals surface area contributed by atoms with E-state index in [-0.39, 0.29) is 6.04 Å². The van der Waals surface area contributed by atoms with Gasteiger partial charge in [-0.15, -0.1) is 0 Å². The molecule has 108 valence electrons. The summed E-state index contributed by atoms with van der Waals surface area (Å²) in [4.78, 5) is 11.2. The molecule has 4 heteroatoms. The zero-order valence-corrected chi connectivity index (χ0v) is 12.3. The number of rotatable bonds is 2. The third-order valence-electron chi connectivity index (χ3n) is 4.68. The van der Waals surface area contributed by atoms with Crippen LogP contribution in [-0.2, 0) is 0 Å². The highest BCUT2D eigenvalue weighted by molar-refractivity contribution is 5.80. The highest BCUT2D eigenvalue weighted by Gasteiger charge is 2.34. The van der Waals surface area contributed by atoms with Gasteiger partial charge in [0.25, 0.3) is 0 Å². The Balaban J connectivity index is 1.86. The second kappa shape index (κ2) is 5.81. The molecule has 1 atom stereocenters. The van der Waals surface area contributed by atoms with Gasteiger partial charge in [0.2, 0.25) is 0 Å². The van der Waals surface area contributed by atoms with E-state index in [2.05, 4.69) is 27.9 Å². The van der Waals surface area contributed by atoms with Crippen LogP contribution in [0, 0.1) is 6.92 Å². The molecule has 2 heterocycles. The largest absolute Gasteiger partial charge is 0.370 e. The van der Waals surface area contributed by atoms with Crippen LogP contribution in [0.15, 0.2) is 23.5 Å². The van der Waals surface area contributed by atoms with Gasteiger partial charge in [0.15, 0.2) is 5.96 Å². The fourth-order valence-corrected chi connectivity index (χ4v) is 3.56. The average molecular weight is 272 g/mol.